The molecule has 176 valence electrons. The van der Waals surface area contributed by atoms with Crippen LogP contribution in [0.15, 0.2) is 23.3 Å². The van der Waals surface area contributed by atoms with Crippen LogP contribution in [0.4, 0.5) is 0 Å². The quantitative estimate of drug-likeness (QED) is 0.504. The molecular formula is C27H44O4. The van der Waals surface area contributed by atoms with Crippen LogP contribution in [0.2, 0.25) is 0 Å². The molecule has 2 saturated carbocycles. The van der Waals surface area contributed by atoms with E-state index in [0.29, 0.717) is 37.4 Å². The minimum Gasteiger partial charge on any atom is -0.396 e. The highest BCUT2D eigenvalue weighted by atomic mass is 16.3. The monoisotopic (exact) mass is 432 g/mol. The van der Waals surface area contributed by atoms with Crippen molar-refractivity contribution >= 4 is 5.78 Å². The molecule has 3 rings (SSSR count). The van der Waals surface area contributed by atoms with Gasteiger partial charge in [-0.05, 0) is 95.3 Å². The van der Waals surface area contributed by atoms with Gasteiger partial charge in [-0.2, -0.15) is 0 Å². The van der Waals surface area contributed by atoms with Crippen LogP contribution < -0.4 is 0 Å². The van der Waals surface area contributed by atoms with Gasteiger partial charge in [0.05, 0.1) is 12.2 Å². The fourth-order valence-corrected chi connectivity index (χ4v) is 7.19. The number of aliphatic hydroxyl groups is 3. The lowest BCUT2D eigenvalue weighted by molar-refractivity contribution is -0.137. The third-order valence-corrected chi connectivity index (χ3v) is 9.27. The molecule has 0 aromatic rings. The summed E-state index contributed by atoms with van der Waals surface area (Å²) in [6.07, 6.45) is 9.77. The van der Waals surface area contributed by atoms with Gasteiger partial charge in [0.1, 0.15) is 5.78 Å². The number of allylic oxidation sites excluding steroid dienone is 2. The summed E-state index contributed by atoms with van der Waals surface area (Å²) in [4.78, 5) is 13.8. The predicted octanol–water partition coefficient (Wildman–Crippen LogP) is 4.82. The van der Waals surface area contributed by atoms with Crippen molar-refractivity contribution in [3.8, 4) is 0 Å². The van der Waals surface area contributed by atoms with Crippen LogP contribution in [0.5, 0.6) is 0 Å². The molecular weight excluding hydrogens is 388 g/mol. The van der Waals surface area contributed by atoms with E-state index in [2.05, 4.69) is 46.8 Å². The summed E-state index contributed by atoms with van der Waals surface area (Å²) in [7, 11) is 0. The summed E-state index contributed by atoms with van der Waals surface area (Å²) in [5.41, 5.74) is 1.76. The van der Waals surface area contributed by atoms with Crippen molar-refractivity contribution in [2.45, 2.75) is 98.2 Å². The van der Waals surface area contributed by atoms with Crippen LogP contribution in [0.25, 0.3) is 0 Å². The van der Waals surface area contributed by atoms with Gasteiger partial charge in [0, 0.05) is 17.9 Å². The molecule has 4 nitrogen and oxygen atoms in total. The first-order valence-corrected chi connectivity index (χ1v) is 12.4. The second-order valence-electron chi connectivity index (χ2n) is 11.4. The topological polar surface area (TPSA) is 77.8 Å². The highest BCUT2D eigenvalue weighted by Crippen LogP contribution is 2.59. The van der Waals surface area contributed by atoms with Crippen LogP contribution in [-0.2, 0) is 4.79 Å². The largest absolute Gasteiger partial charge is 0.396 e. The van der Waals surface area contributed by atoms with Crippen molar-refractivity contribution in [1.29, 1.82) is 0 Å². The Morgan fingerprint density at radius 2 is 1.97 bits per heavy atom. The van der Waals surface area contributed by atoms with Gasteiger partial charge in [0.15, 0.2) is 0 Å². The molecule has 31 heavy (non-hydrogen) atoms. The Labute approximate surface area is 188 Å². The van der Waals surface area contributed by atoms with Gasteiger partial charge in [-0.25, -0.2) is 0 Å². The number of aliphatic hydroxyl groups excluding tert-OH is 3. The molecule has 0 bridgehead atoms. The maximum absolute atomic E-state index is 13.8. The average molecular weight is 433 g/mol. The van der Waals surface area contributed by atoms with Gasteiger partial charge in [-0.3, -0.25) is 4.79 Å². The van der Waals surface area contributed by atoms with E-state index in [1.165, 1.54) is 5.57 Å². The zero-order chi connectivity index (χ0) is 23.0. The summed E-state index contributed by atoms with van der Waals surface area (Å²) in [6.45, 7) is 10.7. The second kappa shape index (κ2) is 9.49. The standard InChI is InChI=1S/C27H44O4/c1-17(2)6-11-24(30)18(3)22-9-10-23(27(22,5)14-15-28)21-8-7-19-16-20(29)12-13-26(19,4)25(21)31/h6-7,18,20-24,28-30H,8-16H2,1-5H3/t18-,20-,21-,22+,23-,24-,26-,27+/m0/s1. The summed E-state index contributed by atoms with van der Waals surface area (Å²) < 4.78 is 0. The Morgan fingerprint density at radius 1 is 1.26 bits per heavy atom. The normalized spacial score (nSPS) is 40.1. The van der Waals surface area contributed by atoms with Crippen molar-refractivity contribution in [2.24, 2.45) is 34.5 Å². The van der Waals surface area contributed by atoms with E-state index >= 15 is 0 Å². The van der Waals surface area contributed by atoms with E-state index in [0.717, 1.165) is 31.3 Å². The van der Waals surface area contributed by atoms with Crippen LogP contribution in [0.3, 0.4) is 0 Å². The molecule has 4 heteroatoms. The first-order valence-electron chi connectivity index (χ1n) is 12.4. The first kappa shape index (κ1) is 24.7. The van der Waals surface area contributed by atoms with Gasteiger partial charge in [-0.1, -0.05) is 37.1 Å². The molecule has 0 saturated heterocycles. The molecule has 3 N–H and O–H groups in total. The van der Waals surface area contributed by atoms with E-state index in [-0.39, 0.29) is 35.9 Å². The summed E-state index contributed by atoms with van der Waals surface area (Å²) in [5, 5.41) is 30.9. The number of hydrogen-bond acceptors (Lipinski definition) is 4. The molecule has 0 aliphatic heterocycles. The number of carbonyl (C=O) groups excluding carboxylic acids is 1. The van der Waals surface area contributed by atoms with E-state index in [1.54, 1.807) is 0 Å². The fourth-order valence-electron chi connectivity index (χ4n) is 7.19. The molecule has 3 aliphatic rings. The molecule has 0 spiro atoms. The van der Waals surface area contributed by atoms with Crippen molar-refractivity contribution in [2.75, 3.05) is 6.61 Å². The molecule has 2 fully saturated rings. The number of carbonyl (C=O) groups is 1. The Bertz CT molecular complexity index is 721. The van der Waals surface area contributed by atoms with Crippen molar-refractivity contribution in [1.82, 2.24) is 0 Å². The smallest absolute Gasteiger partial charge is 0.146 e. The van der Waals surface area contributed by atoms with Gasteiger partial charge < -0.3 is 15.3 Å². The maximum Gasteiger partial charge on any atom is 0.146 e. The molecule has 3 aliphatic carbocycles. The zero-order valence-corrected chi connectivity index (χ0v) is 20.2. The Kier molecular flexibility index (Phi) is 7.55. The van der Waals surface area contributed by atoms with Gasteiger partial charge in [0.2, 0.25) is 0 Å². The minimum absolute atomic E-state index is 0.0207. The highest BCUT2D eigenvalue weighted by Gasteiger charge is 2.56. The average Bonchev–Trinajstić information content (AvgIpc) is 3.04. The van der Waals surface area contributed by atoms with Crippen LogP contribution in [-0.4, -0.2) is 39.9 Å². The fraction of sp³-hybridized carbons (Fsp3) is 0.815. The lowest BCUT2D eigenvalue weighted by Gasteiger charge is -2.48. The number of Topliss-reactive ketones (excluding diaryl/α,β-unsaturated/α-hetero) is 1. The van der Waals surface area contributed by atoms with Crippen LogP contribution in [0.1, 0.15) is 86.0 Å². The Balaban J connectivity index is 1.85. The third kappa shape index (κ3) is 4.58. The molecule has 8 atom stereocenters. The molecule has 0 aromatic carbocycles. The first-order chi connectivity index (χ1) is 14.5. The Hall–Kier alpha value is -0.970. The van der Waals surface area contributed by atoms with Crippen molar-refractivity contribution in [3.05, 3.63) is 23.3 Å². The van der Waals surface area contributed by atoms with Gasteiger partial charge in [0.25, 0.3) is 0 Å². The van der Waals surface area contributed by atoms with Gasteiger partial charge in [-0.15, -0.1) is 0 Å². The van der Waals surface area contributed by atoms with E-state index in [1.807, 2.05) is 0 Å². The van der Waals surface area contributed by atoms with Crippen molar-refractivity contribution in [3.63, 3.8) is 0 Å². The number of ketones is 1. The van der Waals surface area contributed by atoms with E-state index in [9.17, 15) is 20.1 Å². The maximum atomic E-state index is 13.8. The second-order valence-corrected chi connectivity index (χ2v) is 11.4. The lowest BCUT2D eigenvalue weighted by Crippen LogP contribution is -2.48. The summed E-state index contributed by atoms with van der Waals surface area (Å²) in [6, 6.07) is 0. The Morgan fingerprint density at radius 3 is 2.61 bits per heavy atom. The zero-order valence-electron chi connectivity index (χ0n) is 20.2. The molecule has 0 unspecified atom stereocenters. The summed E-state index contributed by atoms with van der Waals surface area (Å²) >= 11 is 0. The predicted molar refractivity (Wildman–Crippen MR) is 124 cm³/mol. The van der Waals surface area contributed by atoms with Crippen LogP contribution in [0, 0.1) is 34.5 Å². The SMILES string of the molecule is CC(C)=CC[C@H](O)[C@@H](C)[C@H]1CC[C@@H]([C@@H]2CC=C3C[C@@H](O)CC[C@]3(C)C2=O)[C@]1(C)CCO. The molecule has 0 radical (unpaired) electrons. The third-order valence-electron chi connectivity index (χ3n) is 9.27. The molecule has 0 aromatic heterocycles. The van der Waals surface area contributed by atoms with Gasteiger partial charge >= 0.3 is 0 Å². The van der Waals surface area contributed by atoms with Crippen molar-refractivity contribution < 1.29 is 20.1 Å². The highest BCUT2D eigenvalue weighted by molar-refractivity contribution is 5.91. The summed E-state index contributed by atoms with van der Waals surface area (Å²) in [5.74, 6) is 0.987. The van der Waals surface area contributed by atoms with E-state index < -0.39 is 11.5 Å². The molecule has 0 amide bonds. The molecule has 0 heterocycles. The van der Waals surface area contributed by atoms with E-state index in [4.69, 9.17) is 0 Å². The van der Waals surface area contributed by atoms with Crippen LogP contribution >= 0.6 is 0 Å². The number of hydrogen-bond donors (Lipinski definition) is 3. The minimum atomic E-state index is -0.436. The number of rotatable bonds is 7. The number of fused-ring (bicyclic) bond motifs is 1. The lowest BCUT2D eigenvalue weighted by atomic mass is 9.55.